The largest absolute Gasteiger partial charge is 0.488 e. The Hall–Kier alpha value is -2.76. The Morgan fingerprint density at radius 1 is 1.18 bits per heavy atom. The van der Waals surface area contributed by atoms with Crippen LogP contribution in [0.1, 0.15) is 33.6 Å². The Bertz CT molecular complexity index is 774. The first-order chi connectivity index (χ1) is 13.4. The molecule has 0 aliphatic carbocycles. The van der Waals surface area contributed by atoms with Crippen LogP contribution < -0.4 is 9.47 Å². The number of ether oxygens (including phenoxy) is 3. The number of pyridine rings is 1. The monoisotopic (exact) mass is 384 g/mol. The molecule has 6 nitrogen and oxygen atoms in total. The molecule has 0 bridgehead atoms. The maximum atomic E-state index is 12.3. The number of para-hydroxylation sites is 1. The Morgan fingerprint density at radius 3 is 2.71 bits per heavy atom. The summed E-state index contributed by atoms with van der Waals surface area (Å²) in [5, 5.41) is 0. The summed E-state index contributed by atoms with van der Waals surface area (Å²) >= 11 is 0. The summed E-state index contributed by atoms with van der Waals surface area (Å²) in [5.41, 5.74) is -0.486. The van der Waals surface area contributed by atoms with Gasteiger partial charge in [0.25, 0.3) is 5.88 Å². The van der Waals surface area contributed by atoms with Crippen LogP contribution in [0, 0.1) is 5.92 Å². The van der Waals surface area contributed by atoms with E-state index >= 15 is 0 Å². The number of benzene rings is 1. The van der Waals surface area contributed by atoms with E-state index in [2.05, 4.69) is 4.98 Å². The molecular weight excluding hydrogens is 356 g/mol. The molecule has 1 saturated heterocycles. The van der Waals surface area contributed by atoms with Crippen molar-refractivity contribution in [3.8, 4) is 17.4 Å². The number of likely N-dealkylation sites (tertiary alicyclic amines) is 1. The Morgan fingerprint density at radius 2 is 1.96 bits per heavy atom. The number of aromatic nitrogens is 1. The van der Waals surface area contributed by atoms with Gasteiger partial charge in [-0.3, -0.25) is 0 Å². The highest BCUT2D eigenvalue weighted by molar-refractivity contribution is 5.68. The molecule has 0 unspecified atom stereocenters. The first-order valence-electron chi connectivity index (χ1n) is 9.69. The average Bonchev–Trinajstić information content (AvgIpc) is 2.67. The van der Waals surface area contributed by atoms with Crippen molar-refractivity contribution in [3.63, 3.8) is 0 Å². The fraction of sp³-hybridized carbons (Fsp3) is 0.455. The minimum absolute atomic E-state index is 0.242. The molecule has 2 heterocycles. The summed E-state index contributed by atoms with van der Waals surface area (Å²) in [6, 6.07) is 13.2. The Balaban J connectivity index is 1.57. The van der Waals surface area contributed by atoms with E-state index in [4.69, 9.17) is 14.2 Å². The van der Waals surface area contributed by atoms with Gasteiger partial charge in [0.1, 0.15) is 11.4 Å². The third kappa shape index (κ3) is 5.87. The zero-order valence-corrected chi connectivity index (χ0v) is 16.8. The number of carbonyl (C=O) groups excluding carboxylic acids is 1. The van der Waals surface area contributed by atoms with Crippen LogP contribution in [0.3, 0.4) is 0 Å². The number of nitrogens with zero attached hydrogens (tertiary/aromatic N) is 2. The van der Waals surface area contributed by atoms with Crippen LogP contribution in [-0.4, -0.2) is 41.3 Å². The van der Waals surface area contributed by atoms with Gasteiger partial charge in [-0.2, -0.15) is 0 Å². The highest BCUT2D eigenvalue weighted by Gasteiger charge is 2.28. The molecule has 1 amide bonds. The topological polar surface area (TPSA) is 60.9 Å². The second-order valence-electron chi connectivity index (χ2n) is 7.97. The molecule has 0 N–H and O–H groups in total. The summed E-state index contributed by atoms with van der Waals surface area (Å²) in [7, 11) is 0. The lowest BCUT2D eigenvalue weighted by atomic mass is 9.99. The second-order valence-corrected chi connectivity index (χ2v) is 7.97. The van der Waals surface area contributed by atoms with Crippen molar-refractivity contribution in [1.29, 1.82) is 0 Å². The van der Waals surface area contributed by atoms with Crippen LogP contribution in [0.25, 0.3) is 0 Å². The molecule has 2 aromatic rings. The predicted octanol–water partition coefficient (Wildman–Crippen LogP) is 4.90. The second kappa shape index (κ2) is 8.95. The SMILES string of the molecule is CC(C)(C)OC(=O)N1CCC[C@H](COc2cccnc2Oc2ccccc2)C1. The van der Waals surface area contributed by atoms with Gasteiger partial charge in [-0.05, 0) is 57.9 Å². The number of carbonyl (C=O) groups is 1. The van der Waals surface area contributed by atoms with E-state index in [0.717, 1.165) is 19.4 Å². The molecule has 1 aromatic carbocycles. The molecular formula is C22H28N2O4. The molecule has 1 aliphatic heterocycles. The Kier molecular flexibility index (Phi) is 6.39. The molecule has 1 aliphatic rings. The van der Waals surface area contributed by atoms with E-state index in [1.54, 1.807) is 11.1 Å². The quantitative estimate of drug-likeness (QED) is 0.734. The molecule has 28 heavy (non-hydrogen) atoms. The van der Waals surface area contributed by atoms with E-state index < -0.39 is 5.60 Å². The summed E-state index contributed by atoms with van der Waals surface area (Å²) in [6.45, 7) is 7.49. The van der Waals surface area contributed by atoms with Crippen molar-refractivity contribution >= 4 is 6.09 Å². The van der Waals surface area contributed by atoms with E-state index in [0.29, 0.717) is 30.5 Å². The van der Waals surface area contributed by atoms with Crippen LogP contribution in [0.15, 0.2) is 48.7 Å². The number of hydrogen-bond acceptors (Lipinski definition) is 5. The molecule has 1 atom stereocenters. The third-order valence-corrected chi connectivity index (χ3v) is 4.34. The number of rotatable bonds is 5. The molecule has 1 aromatic heterocycles. The van der Waals surface area contributed by atoms with E-state index in [-0.39, 0.29) is 12.0 Å². The average molecular weight is 384 g/mol. The summed E-state index contributed by atoms with van der Waals surface area (Å²) in [6.07, 6.45) is 3.37. The minimum Gasteiger partial charge on any atom is -0.488 e. The maximum absolute atomic E-state index is 12.3. The lowest BCUT2D eigenvalue weighted by Gasteiger charge is -2.34. The molecule has 0 spiro atoms. The van der Waals surface area contributed by atoms with Crippen molar-refractivity contribution < 1.29 is 19.0 Å². The maximum Gasteiger partial charge on any atom is 0.410 e. The molecule has 1 fully saturated rings. The van der Waals surface area contributed by atoms with Gasteiger partial charge in [-0.1, -0.05) is 18.2 Å². The third-order valence-electron chi connectivity index (χ3n) is 4.34. The van der Waals surface area contributed by atoms with E-state index in [1.165, 1.54) is 0 Å². The van der Waals surface area contributed by atoms with Gasteiger partial charge >= 0.3 is 6.09 Å². The van der Waals surface area contributed by atoms with Crippen molar-refractivity contribution in [2.24, 2.45) is 5.92 Å². The van der Waals surface area contributed by atoms with Gasteiger partial charge < -0.3 is 19.1 Å². The van der Waals surface area contributed by atoms with Gasteiger partial charge in [0.05, 0.1) is 6.61 Å². The zero-order chi connectivity index (χ0) is 20.0. The fourth-order valence-electron chi connectivity index (χ4n) is 3.06. The first kappa shape index (κ1) is 20.0. The number of piperidine rings is 1. The zero-order valence-electron chi connectivity index (χ0n) is 16.8. The normalized spacial score (nSPS) is 17.1. The highest BCUT2D eigenvalue weighted by Crippen LogP contribution is 2.29. The van der Waals surface area contributed by atoms with Crippen LogP contribution in [-0.2, 0) is 4.74 Å². The van der Waals surface area contributed by atoms with Crippen molar-refractivity contribution in [2.75, 3.05) is 19.7 Å². The van der Waals surface area contributed by atoms with E-state index in [9.17, 15) is 4.79 Å². The van der Waals surface area contributed by atoms with Gasteiger partial charge in [0.2, 0.25) is 0 Å². The van der Waals surface area contributed by atoms with E-state index in [1.807, 2.05) is 63.2 Å². The first-order valence-corrected chi connectivity index (χ1v) is 9.69. The summed E-state index contributed by atoms with van der Waals surface area (Å²) < 4.78 is 17.3. The van der Waals surface area contributed by atoms with Crippen molar-refractivity contribution in [1.82, 2.24) is 9.88 Å². The van der Waals surface area contributed by atoms with Crippen LogP contribution in [0.4, 0.5) is 4.79 Å². The minimum atomic E-state index is -0.486. The van der Waals surface area contributed by atoms with Crippen LogP contribution >= 0.6 is 0 Å². The molecule has 0 saturated carbocycles. The Labute approximate surface area is 166 Å². The molecule has 150 valence electrons. The molecule has 3 rings (SSSR count). The van der Waals surface area contributed by atoms with Crippen LogP contribution in [0.5, 0.6) is 17.4 Å². The van der Waals surface area contributed by atoms with Crippen LogP contribution in [0.2, 0.25) is 0 Å². The lowest BCUT2D eigenvalue weighted by Crippen LogP contribution is -2.44. The lowest BCUT2D eigenvalue weighted by molar-refractivity contribution is 0.0138. The summed E-state index contributed by atoms with van der Waals surface area (Å²) in [4.78, 5) is 18.4. The molecule has 6 heteroatoms. The van der Waals surface area contributed by atoms with Gasteiger partial charge in [-0.25, -0.2) is 9.78 Å². The fourth-order valence-corrected chi connectivity index (χ4v) is 3.06. The predicted molar refractivity (Wildman–Crippen MR) is 107 cm³/mol. The summed E-state index contributed by atoms with van der Waals surface area (Å²) in [5.74, 6) is 1.99. The van der Waals surface area contributed by atoms with Crippen molar-refractivity contribution in [3.05, 3.63) is 48.7 Å². The van der Waals surface area contributed by atoms with Gasteiger partial charge in [-0.15, -0.1) is 0 Å². The molecule has 0 radical (unpaired) electrons. The van der Waals surface area contributed by atoms with Gasteiger partial charge in [0.15, 0.2) is 5.75 Å². The standard InChI is InChI=1S/C22H28N2O4/c1-22(2,3)28-21(25)24-14-8-9-17(15-24)16-26-19-12-7-13-23-20(19)27-18-10-5-4-6-11-18/h4-7,10-13,17H,8-9,14-16H2,1-3H3/t17-/m0/s1. The van der Waals surface area contributed by atoms with Gasteiger partial charge in [0, 0.05) is 25.2 Å². The highest BCUT2D eigenvalue weighted by atomic mass is 16.6. The number of hydrogen-bond donors (Lipinski definition) is 0. The smallest absolute Gasteiger partial charge is 0.410 e. The number of amides is 1. The van der Waals surface area contributed by atoms with Crippen molar-refractivity contribution in [2.45, 2.75) is 39.2 Å².